The SMILES string of the molecule is Fc1ccccc1-c1csc(=Nc2cccnc2)n1C1CC1. The summed E-state index contributed by atoms with van der Waals surface area (Å²) in [6, 6.07) is 11.1. The van der Waals surface area contributed by atoms with E-state index in [1.165, 1.54) is 6.07 Å². The molecule has 5 heteroatoms. The molecule has 110 valence electrons. The quantitative estimate of drug-likeness (QED) is 0.708. The minimum Gasteiger partial charge on any atom is -0.313 e. The Kier molecular flexibility index (Phi) is 3.35. The van der Waals surface area contributed by atoms with Crippen LogP contribution in [0.4, 0.5) is 10.1 Å². The third-order valence-corrected chi connectivity index (χ3v) is 4.51. The lowest BCUT2D eigenvalue weighted by Crippen LogP contribution is -2.14. The first-order valence-corrected chi connectivity index (χ1v) is 8.10. The van der Waals surface area contributed by atoms with Crippen molar-refractivity contribution in [3.05, 3.63) is 64.8 Å². The average molecular weight is 311 g/mol. The maximum Gasteiger partial charge on any atom is 0.190 e. The normalized spacial score (nSPS) is 15.2. The maximum atomic E-state index is 14.1. The van der Waals surface area contributed by atoms with Crippen molar-refractivity contribution >= 4 is 17.0 Å². The molecule has 0 amide bonds. The van der Waals surface area contributed by atoms with Crippen molar-refractivity contribution in [3.8, 4) is 11.3 Å². The zero-order valence-corrected chi connectivity index (χ0v) is 12.6. The second kappa shape index (κ2) is 5.50. The first kappa shape index (κ1) is 13.4. The standard InChI is InChI=1S/C17H14FN3S/c18-15-6-2-1-5-14(15)16-11-22-17(21(16)13-7-8-13)20-12-4-3-9-19-10-12/h1-6,9-11,13H,7-8H2. The molecule has 0 unspecified atom stereocenters. The third-order valence-electron chi connectivity index (χ3n) is 3.67. The van der Waals surface area contributed by atoms with Crippen LogP contribution in [0.3, 0.4) is 0 Å². The van der Waals surface area contributed by atoms with E-state index in [2.05, 4.69) is 14.5 Å². The second-order valence-electron chi connectivity index (χ2n) is 5.31. The van der Waals surface area contributed by atoms with E-state index in [0.29, 0.717) is 11.6 Å². The van der Waals surface area contributed by atoms with Gasteiger partial charge in [0, 0.05) is 23.2 Å². The van der Waals surface area contributed by atoms with Crippen LogP contribution < -0.4 is 4.80 Å². The summed E-state index contributed by atoms with van der Waals surface area (Å²) in [5.74, 6) is -0.192. The molecule has 0 bridgehead atoms. The van der Waals surface area contributed by atoms with E-state index in [1.807, 2.05) is 29.6 Å². The number of hydrogen-bond acceptors (Lipinski definition) is 3. The summed E-state index contributed by atoms with van der Waals surface area (Å²) < 4.78 is 16.3. The van der Waals surface area contributed by atoms with Crippen LogP contribution >= 0.6 is 11.3 Å². The molecule has 0 aliphatic heterocycles. The molecule has 1 aliphatic carbocycles. The Balaban J connectivity index is 1.89. The largest absolute Gasteiger partial charge is 0.313 e. The lowest BCUT2D eigenvalue weighted by atomic mass is 10.1. The minimum absolute atomic E-state index is 0.192. The van der Waals surface area contributed by atoms with Crippen molar-refractivity contribution in [2.24, 2.45) is 4.99 Å². The Bertz CT molecular complexity index is 863. The fourth-order valence-corrected chi connectivity index (χ4v) is 3.46. The van der Waals surface area contributed by atoms with Crippen LogP contribution in [-0.2, 0) is 0 Å². The van der Waals surface area contributed by atoms with Gasteiger partial charge in [0.2, 0.25) is 0 Å². The van der Waals surface area contributed by atoms with Gasteiger partial charge in [0.1, 0.15) is 5.82 Å². The number of hydrogen-bond donors (Lipinski definition) is 0. The van der Waals surface area contributed by atoms with Gasteiger partial charge in [-0.15, -0.1) is 11.3 Å². The Morgan fingerprint density at radius 3 is 2.77 bits per heavy atom. The zero-order chi connectivity index (χ0) is 14.9. The molecule has 0 N–H and O–H groups in total. The highest BCUT2D eigenvalue weighted by atomic mass is 32.1. The molecule has 3 nitrogen and oxygen atoms in total. The van der Waals surface area contributed by atoms with Crippen molar-refractivity contribution in [3.63, 3.8) is 0 Å². The van der Waals surface area contributed by atoms with Crippen LogP contribution in [0.15, 0.2) is 59.2 Å². The van der Waals surface area contributed by atoms with Crippen LogP contribution in [-0.4, -0.2) is 9.55 Å². The fraction of sp³-hybridized carbons (Fsp3) is 0.176. The number of thiazole rings is 1. The summed E-state index contributed by atoms with van der Waals surface area (Å²) in [5.41, 5.74) is 2.37. The van der Waals surface area contributed by atoms with E-state index in [0.717, 1.165) is 29.0 Å². The Morgan fingerprint density at radius 2 is 2.05 bits per heavy atom. The van der Waals surface area contributed by atoms with Gasteiger partial charge < -0.3 is 4.57 Å². The number of nitrogens with zero attached hydrogens (tertiary/aromatic N) is 3. The molecule has 4 rings (SSSR count). The van der Waals surface area contributed by atoms with Gasteiger partial charge in [-0.25, -0.2) is 9.38 Å². The van der Waals surface area contributed by atoms with Crippen LogP contribution in [0.1, 0.15) is 18.9 Å². The summed E-state index contributed by atoms with van der Waals surface area (Å²) in [6.45, 7) is 0. The van der Waals surface area contributed by atoms with Crippen LogP contribution in [0.5, 0.6) is 0 Å². The first-order valence-electron chi connectivity index (χ1n) is 7.22. The van der Waals surface area contributed by atoms with Gasteiger partial charge in [-0.3, -0.25) is 4.98 Å². The zero-order valence-electron chi connectivity index (χ0n) is 11.8. The lowest BCUT2D eigenvalue weighted by molar-refractivity contribution is 0.626. The van der Waals surface area contributed by atoms with Gasteiger partial charge in [-0.05, 0) is 37.1 Å². The molecule has 0 radical (unpaired) electrons. The molecule has 0 saturated heterocycles. The molecule has 1 aromatic carbocycles. The van der Waals surface area contributed by atoms with E-state index >= 15 is 0 Å². The summed E-state index contributed by atoms with van der Waals surface area (Å²) in [5, 5.41) is 1.99. The smallest absolute Gasteiger partial charge is 0.190 e. The topological polar surface area (TPSA) is 30.2 Å². The first-order chi connectivity index (χ1) is 10.8. The Morgan fingerprint density at radius 1 is 1.18 bits per heavy atom. The summed E-state index contributed by atoms with van der Waals surface area (Å²) in [6.07, 6.45) is 5.71. The van der Waals surface area contributed by atoms with E-state index in [9.17, 15) is 4.39 Å². The van der Waals surface area contributed by atoms with Crippen LogP contribution in [0.2, 0.25) is 0 Å². The number of rotatable bonds is 3. The number of benzene rings is 1. The third kappa shape index (κ3) is 2.48. The van der Waals surface area contributed by atoms with Crippen molar-refractivity contribution < 1.29 is 4.39 Å². The Labute approximate surface area is 131 Å². The minimum atomic E-state index is -0.192. The predicted octanol–water partition coefficient (Wildman–Crippen LogP) is 4.32. The Hall–Kier alpha value is -2.27. The monoisotopic (exact) mass is 311 g/mol. The van der Waals surface area contributed by atoms with E-state index in [4.69, 9.17) is 0 Å². The van der Waals surface area contributed by atoms with Crippen molar-refractivity contribution in [1.29, 1.82) is 0 Å². The molecule has 2 aromatic heterocycles. The highest BCUT2D eigenvalue weighted by Gasteiger charge is 2.28. The summed E-state index contributed by atoms with van der Waals surface area (Å²) in [7, 11) is 0. The van der Waals surface area contributed by atoms with E-state index in [-0.39, 0.29) is 5.82 Å². The predicted molar refractivity (Wildman–Crippen MR) is 85.4 cm³/mol. The van der Waals surface area contributed by atoms with Crippen molar-refractivity contribution in [2.75, 3.05) is 0 Å². The number of aromatic nitrogens is 2. The molecule has 1 fully saturated rings. The molecule has 0 spiro atoms. The van der Waals surface area contributed by atoms with Gasteiger partial charge in [-0.2, -0.15) is 0 Å². The van der Waals surface area contributed by atoms with Gasteiger partial charge in [0.15, 0.2) is 4.80 Å². The average Bonchev–Trinajstić information content (AvgIpc) is 3.30. The molecule has 0 atom stereocenters. The van der Waals surface area contributed by atoms with Gasteiger partial charge in [-0.1, -0.05) is 12.1 Å². The molecule has 1 aliphatic rings. The van der Waals surface area contributed by atoms with Gasteiger partial charge >= 0.3 is 0 Å². The highest BCUT2D eigenvalue weighted by Crippen LogP contribution is 2.38. The maximum absolute atomic E-state index is 14.1. The molecule has 22 heavy (non-hydrogen) atoms. The molecule has 1 saturated carbocycles. The molecular weight excluding hydrogens is 297 g/mol. The summed E-state index contributed by atoms with van der Waals surface area (Å²) >= 11 is 1.54. The number of pyridine rings is 1. The van der Waals surface area contributed by atoms with Crippen molar-refractivity contribution in [2.45, 2.75) is 18.9 Å². The van der Waals surface area contributed by atoms with Gasteiger partial charge in [0.05, 0.1) is 17.6 Å². The number of halogens is 1. The molecule has 2 heterocycles. The van der Waals surface area contributed by atoms with Crippen LogP contribution in [0, 0.1) is 5.82 Å². The van der Waals surface area contributed by atoms with Gasteiger partial charge in [0.25, 0.3) is 0 Å². The van der Waals surface area contributed by atoms with Crippen molar-refractivity contribution in [1.82, 2.24) is 9.55 Å². The molecule has 3 aromatic rings. The summed E-state index contributed by atoms with van der Waals surface area (Å²) in [4.78, 5) is 9.66. The highest BCUT2D eigenvalue weighted by molar-refractivity contribution is 7.07. The lowest BCUT2D eigenvalue weighted by Gasteiger charge is -2.08. The van der Waals surface area contributed by atoms with E-state index < -0.39 is 0 Å². The second-order valence-corrected chi connectivity index (χ2v) is 6.14. The molecular formula is C17H14FN3S. The van der Waals surface area contributed by atoms with Crippen LogP contribution in [0.25, 0.3) is 11.3 Å². The van der Waals surface area contributed by atoms with E-state index in [1.54, 1.807) is 29.8 Å². The fourth-order valence-electron chi connectivity index (χ4n) is 2.48.